The second-order valence-corrected chi connectivity index (χ2v) is 4.46. The summed E-state index contributed by atoms with van der Waals surface area (Å²) in [4.78, 5) is 2.73. The Balaban J connectivity index is 1.91. The molecule has 2 fully saturated rings. The number of likely N-dealkylation sites (N-methyl/N-ethyl adjacent to an activating group) is 1. The van der Waals surface area contributed by atoms with Crippen LogP contribution in [0.25, 0.3) is 0 Å². The predicted octanol–water partition coefficient (Wildman–Crippen LogP) is 1.47. The van der Waals surface area contributed by atoms with Crippen molar-refractivity contribution in [2.75, 3.05) is 19.6 Å². The van der Waals surface area contributed by atoms with Crippen LogP contribution in [0.1, 0.15) is 33.1 Å². The van der Waals surface area contributed by atoms with Gasteiger partial charge in [0.05, 0.1) is 0 Å². The van der Waals surface area contributed by atoms with Gasteiger partial charge in [0, 0.05) is 25.2 Å². The summed E-state index contributed by atoms with van der Waals surface area (Å²) in [5.74, 6) is 1.03. The molecule has 0 bridgehead atoms. The quantitative estimate of drug-likeness (QED) is 0.692. The minimum Gasteiger partial charge on any atom is -0.314 e. The third kappa shape index (κ3) is 1.89. The van der Waals surface area contributed by atoms with Gasteiger partial charge in [-0.15, -0.1) is 0 Å². The van der Waals surface area contributed by atoms with Crippen molar-refractivity contribution >= 4 is 0 Å². The molecule has 2 heteroatoms. The molecule has 1 heterocycles. The van der Waals surface area contributed by atoms with Crippen molar-refractivity contribution in [3.63, 3.8) is 0 Å². The Morgan fingerprint density at radius 3 is 2.31 bits per heavy atom. The van der Waals surface area contributed by atoms with E-state index in [4.69, 9.17) is 0 Å². The van der Waals surface area contributed by atoms with E-state index in [-0.39, 0.29) is 0 Å². The molecule has 0 amide bonds. The highest BCUT2D eigenvalue weighted by Crippen LogP contribution is 2.37. The van der Waals surface area contributed by atoms with Gasteiger partial charge in [0.1, 0.15) is 0 Å². The Bertz CT molecular complexity index is 161. The molecule has 1 aliphatic heterocycles. The highest BCUT2D eigenvalue weighted by Gasteiger charge is 2.37. The van der Waals surface area contributed by atoms with E-state index in [2.05, 4.69) is 24.1 Å². The molecule has 1 unspecified atom stereocenters. The van der Waals surface area contributed by atoms with Gasteiger partial charge in [-0.3, -0.25) is 4.90 Å². The first-order chi connectivity index (χ1) is 6.36. The lowest BCUT2D eigenvalue weighted by Crippen LogP contribution is -2.60. The molecule has 0 spiro atoms. The maximum atomic E-state index is 3.37. The molecule has 1 saturated carbocycles. The minimum absolute atomic E-state index is 0.843. The molecule has 1 atom stereocenters. The number of nitrogens with zero attached hydrogens (tertiary/aromatic N) is 1. The summed E-state index contributed by atoms with van der Waals surface area (Å²) in [6, 6.07) is 1.73. The maximum absolute atomic E-state index is 3.37. The molecule has 0 aromatic carbocycles. The fourth-order valence-electron chi connectivity index (χ4n) is 2.59. The van der Waals surface area contributed by atoms with Gasteiger partial charge in [0.15, 0.2) is 0 Å². The third-order valence-corrected chi connectivity index (χ3v) is 3.60. The van der Waals surface area contributed by atoms with Gasteiger partial charge < -0.3 is 5.32 Å². The summed E-state index contributed by atoms with van der Waals surface area (Å²) in [6.07, 6.45) is 4.30. The Hall–Kier alpha value is -0.0800. The Morgan fingerprint density at radius 2 is 2.00 bits per heavy atom. The highest BCUT2D eigenvalue weighted by molar-refractivity contribution is 4.93. The summed E-state index contributed by atoms with van der Waals surface area (Å²) >= 11 is 0. The first-order valence-corrected chi connectivity index (χ1v) is 5.83. The van der Waals surface area contributed by atoms with Crippen LogP contribution in [-0.4, -0.2) is 36.6 Å². The van der Waals surface area contributed by atoms with Crippen molar-refractivity contribution in [1.29, 1.82) is 0 Å². The summed E-state index contributed by atoms with van der Waals surface area (Å²) in [7, 11) is 0. The van der Waals surface area contributed by atoms with E-state index in [0.717, 1.165) is 18.0 Å². The molecule has 2 rings (SSSR count). The Morgan fingerprint density at radius 1 is 1.31 bits per heavy atom. The van der Waals surface area contributed by atoms with Crippen molar-refractivity contribution < 1.29 is 0 Å². The molecule has 1 aliphatic carbocycles. The molecule has 13 heavy (non-hydrogen) atoms. The topological polar surface area (TPSA) is 15.3 Å². The average molecular weight is 182 g/mol. The fourth-order valence-corrected chi connectivity index (χ4v) is 2.59. The smallest absolute Gasteiger partial charge is 0.0348 e. The van der Waals surface area contributed by atoms with Gasteiger partial charge in [-0.05, 0) is 31.7 Å². The average Bonchev–Trinajstić information content (AvgIpc) is 2.84. The van der Waals surface area contributed by atoms with Gasteiger partial charge in [-0.25, -0.2) is 0 Å². The second-order valence-electron chi connectivity index (χ2n) is 4.46. The van der Waals surface area contributed by atoms with Crippen LogP contribution in [0.5, 0.6) is 0 Å². The van der Waals surface area contributed by atoms with E-state index >= 15 is 0 Å². The number of hydrogen-bond donors (Lipinski definition) is 1. The van der Waals surface area contributed by atoms with Crippen molar-refractivity contribution in [1.82, 2.24) is 10.2 Å². The van der Waals surface area contributed by atoms with Gasteiger partial charge in [-0.1, -0.05) is 13.8 Å². The van der Waals surface area contributed by atoms with Gasteiger partial charge in [0.2, 0.25) is 0 Å². The zero-order valence-corrected chi connectivity index (χ0v) is 8.92. The highest BCUT2D eigenvalue weighted by atomic mass is 15.3. The predicted molar refractivity (Wildman–Crippen MR) is 55.8 cm³/mol. The molecule has 0 aromatic heterocycles. The molecule has 76 valence electrons. The monoisotopic (exact) mass is 182 g/mol. The maximum Gasteiger partial charge on any atom is 0.0348 e. The largest absolute Gasteiger partial charge is 0.314 e. The van der Waals surface area contributed by atoms with E-state index in [1.54, 1.807) is 0 Å². The van der Waals surface area contributed by atoms with E-state index in [1.807, 2.05) is 0 Å². The van der Waals surface area contributed by atoms with Crippen LogP contribution in [0.15, 0.2) is 0 Å². The van der Waals surface area contributed by atoms with Crippen LogP contribution in [0.3, 0.4) is 0 Å². The number of hydrogen-bond acceptors (Lipinski definition) is 2. The minimum atomic E-state index is 0.843. The Labute approximate surface area is 81.7 Å². The van der Waals surface area contributed by atoms with E-state index in [0.29, 0.717) is 0 Å². The molecule has 1 saturated heterocycles. The zero-order chi connectivity index (χ0) is 9.26. The summed E-state index contributed by atoms with van der Waals surface area (Å²) in [5.41, 5.74) is 0. The van der Waals surface area contributed by atoms with Gasteiger partial charge in [-0.2, -0.15) is 0 Å². The first-order valence-electron chi connectivity index (χ1n) is 5.83. The van der Waals surface area contributed by atoms with E-state index < -0.39 is 0 Å². The normalized spacial score (nSPS) is 26.1. The summed E-state index contributed by atoms with van der Waals surface area (Å²) in [5, 5.41) is 3.37. The summed E-state index contributed by atoms with van der Waals surface area (Å²) in [6.45, 7) is 8.33. The van der Waals surface area contributed by atoms with Crippen molar-refractivity contribution in [2.24, 2.45) is 5.92 Å². The standard InChI is InChI=1S/C11H22N2/c1-3-11(9-5-6-9)13(4-2)10-7-12-8-10/h9-12H,3-8H2,1-2H3. The van der Waals surface area contributed by atoms with E-state index in [1.165, 1.54) is 38.9 Å². The van der Waals surface area contributed by atoms with Gasteiger partial charge >= 0.3 is 0 Å². The van der Waals surface area contributed by atoms with Crippen LogP contribution < -0.4 is 5.32 Å². The van der Waals surface area contributed by atoms with Crippen LogP contribution in [-0.2, 0) is 0 Å². The molecule has 1 N–H and O–H groups in total. The van der Waals surface area contributed by atoms with Gasteiger partial charge in [0.25, 0.3) is 0 Å². The van der Waals surface area contributed by atoms with Crippen LogP contribution in [0, 0.1) is 5.92 Å². The zero-order valence-electron chi connectivity index (χ0n) is 8.92. The SMILES string of the molecule is CCC(C1CC1)N(CC)C1CNC1. The lowest BCUT2D eigenvalue weighted by molar-refractivity contribution is 0.0864. The van der Waals surface area contributed by atoms with E-state index in [9.17, 15) is 0 Å². The Kier molecular flexibility index (Phi) is 2.89. The lowest BCUT2D eigenvalue weighted by atomic mass is 10.0. The number of nitrogens with one attached hydrogen (secondary N) is 1. The van der Waals surface area contributed by atoms with Crippen molar-refractivity contribution in [3.05, 3.63) is 0 Å². The van der Waals surface area contributed by atoms with Crippen LogP contribution in [0.2, 0.25) is 0 Å². The lowest BCUT2D eigenvalue weighted by Gasteiger charge is -2.42. The second kappa shape index (κ2) is 3.97. The van der Waals surface area contributed by atoms with Crippen molar-refractivity contribution in [2.45, 2.75) is 45.2 Å². The fraction of sp³-hybridized carbons (Fsp3) is 1.00. The molecular formula is C11H22N2. The first kappa shape index (κ1) is 9.47. The molecule has 0 aromatic rings. The molecular weight excluding hydrogens is 160 g/mol. The molecule has 2 aliphatic rings. The van der Waals surface area contributed by atoms with Crippen LogP contribution in [0.4, 0.5) is 0 Å². The number of rotatable bonds is 5. The molecule has 0 radical (unpaired) electrons. The summed E-state index contributed by atoms with van der Waals surface area (Å²) < 4.78 is 0. The van der Waals surface area contributed by atoms with Crippen molar-refractivity contribution in [3.8, 4) is 0 Å². The third-order valence-electron chi connectivity index (χ3n) is 3.60. The van der Waals surface area contributed by atoms with Crippen LogP contribution >= 0.6 is 0 Å². The molecule has 2 nitrogen and oxygen atoms in total.